The van der Waals surface area contributed by atoms with Gasteiger partial charge in [0.2, 0.25) is 0 Å². The molecule has 1 aliphatic rings. The van der Waals surface area contributed by atoms with Crippen molar-refractivity contribution in [2.45, 2.75) is 32.7 Å². The standard InChI is InChI=1S/C9H18BrN/c1-8(2)11-6-4-9(7-11)3-5-10/h8-9H,3-7H2,1-2H3. The second kappa shape index (κ2) is 4.46. The van der Waals surface area contributed by atoms with Crippen molar-refractivity contribution in [1.82, 2.24) is 4.90 Å². The SMILES string of the molecule is CC(C)N1CCC(CCBr)C1. The second-order valence-corrected chi connectivity index (χ2v) is 4.51. The van der Waals surface area contributed by atoms with Gasteiger partial charge in [0.25, 0.3) is 0 Å². The molecule has 1 unspecified atom stereocenters. The Balaban J connectivity index is 2.23. The summed E-state index contributed by atoms with van der Waals surface area (Å²) < 4.78 is 0. The molecule has 0 aromatic heterocycles. The van der Waals surface area contributed by atoms with Crippen molar-refractivity contribution in [3.63, 3.8) is 0 Å². The van der Waals surface area contributed by atoms with Crippen LogP contribution in [0.25, 0.3) is 0 Å². The van der Waals surface area contributed by atoms with Crippen molar-refractivity contribution in [1.29, 1.82) is 0 Å². The molecule has 1 fully saturated rings. The molecule has 11 heavy (non-hydrogen) atoms. The number of rotatable bonds is 3. The lowest BCUT2D eigenvalue weighted by Gasteiger charge is -2.19. The van der Waals surface area contributed by atoms with Crippen molar-refractivity contribution in [3.05, 3.63) is 0 Å². The van der Waals surface area contributed by atoms with Crippen molar-refractivity contribution >= 4 is 15.9 Å². The van der Waals surface area contributed by atoms with Gasteiger partial charge in [-0.25, -0.2) is 0 Å². The molecule has 0 N–H and O–H groups in total. The summed E-state index contributed by atoms with van der Waals surface area (Å²) in [5.74, 6) is 0.955. The highest BCUT2D eigenvalue weighted by molar-refractivity contribution is 9.09. The van der Waals surface area contributed by atoms with Crippen molar-refractivity contribution in [2.24, 2.45) is 5.92 Å². The van der Waals surface area contributed by atoms with Crippen LogP contribution >= 0.6 is 15.9 Å². The van der Waals surface area contributed by atoms with E-state index in [9.17, 15) is 0 Å². The first-order chi connectivity index (χ1) is 5.24. The van der Waals surface area contributed by atoms with Crippen molar-refractivity contribution in [2.75, 3.05) is 18.4 Å². The average molecular weight is 220 g/mol. The van der Waals surface area contributed by atoms with Gasteiger partial charge in [0.05, 0.1) is 0 Å². The monoisotopic (exact) mass is 219 g/mol. The maximum absolute atomic E-state index is 3.50. The first kappa shape index (κ1) is 9.53. The topological polar surface area (TPSA) is 3.24 Å². The van der Waals surface area contributed by atoms with Crippen LogP contribution in [-0.2, 0) is 0 Å². The van der Waals surface area contributed by atoms with Gasteiger partial charge in [0.1, 0.15) is 0 Å². The van der Waals surface area contributed by atoms with Crippen LogP contribution in [0.3, 0.4) is 0 Å². The third-order valence-corrected chi connectivity index (χ3v) is 3.02. The van der Waals surface area contributed by atoms with Gasteiger partial charge in [-0.2, -0.15) is 0 Å². The number of halogens is 1. The van der Waals surface area contributed by atoms with Gasteiger partial charge in [-0.05, 0) is 39.2 Å². The third kappa shape index (κ3) is 2.75. The normalized spacial score (nSPS) is 26.7. The Bertz CT molecular complexity index is 114. The minimum atomic E-state index is 0.746. The zero-order chi connectivity index (χ0) is 8.27. The van der Waals surface area contributed by atoms with E-state index < -0.39 is 0 Å². The van der Waals surface area contributed by atoms with Crippen LogP contribution in [0.4, 0.5) is 0 Å². The van der Waals surface area contributed by atoms with Crippen molar-refractivity contribution < 1.29 is 0 Å². The first-order valence-electron chi connectivity index (χ1n) is 4.54. The highest BCUT2D eigenvalue weighted by atomic mass is 79.9. The average Bonchev–Trinajstić information content (AvgIpc) is 2.37. The number of likely N-dealkylation sites (tertiary alicyclic amines) is 1. The van der Waals surface area contributed by atoms with E-state index in [0.29, 0.717) is 0 Å². The number of hydrogen-bond donors (Lipinski definition) is 0. The predicted octanol–water partition coefficient (Wildman–Crippen LogP) is 2.50. The fraction of sp³-hybridized carbons (Fsp3) is 1.00. The molecule has 0 aromatic rings. The molecule has 0 bridgehead atoms. The van der Waals surface area contributed by atoms with Crippen LogP contribution in [0.1, 0.15) is 26.7 Å². The van der Waals surface area contributed by atoms with E-state index in [1.165, 1.54) is 31.3 Å². The molecule has 1 atom stereocenters. The Hall–Kier alpha value is 0.440. The molecule has 0 aliphatic carbocycles. The molecule has 1 aliphatic heterocycles. The molecule has 0 spiro atoms. The molecule has 0 aromatic carbocycles. The van der Waals surface area contributed by atoms with Gasteiger partial charge in [0, 0.05) is 17.9 Å². The summed E-state index contributed by atoms with van der Waals surface area (Å²) in [6, 6.07) is 0.746. The lowest BCUT2D eigenvalue weighted by Crippen LogP contribution is -2.28. The Morgan fingerprint density at radius 3 is 2.73 bits per heavy atom. The largest absolute Gasteiger partial charge is 0.301 e. The van der Waals surface area contributed by atoms with E-state index in [1.807, 2.05) is 0 Å². The van der Waals surface area contributed by atoms with Gasteiger partial charge in [-0.1, -0.05) is 15.9 Å². The van der Waals surface area contributed by atoms with E-state index in [2.05, 4.69) is 34.7 Å². The molecule has 1 heterocycles. The van der Waals surface area contributed by atoms with Gasteiger partial charge in [0.15, 0.2) is 0 Å². The van der Waals surface area contributed by atoms with Crippen molar-refractivity contribution in [3.8, 4) is 0 Å². The van der Waals surface area contributed by atoms with Gasteiger partial charge in [-0.3, -0.25) is 0 Å². The summed E-state index contributed by atoms with van der Waals surface area (Å²) in [4.78, 5) is 2.58. The van der Waals surface area contributed by atoms with E-state index in [1.54, 1.807) is 0 Å². The third-order valence-electron chi connectivity index (χ3n) is 2.56. The van der Waals surface area contributed by atoms with Gasteiger partial charge < -0.3 is 4.90 Å². The Labute approximate surface area is 78.3 Å². The van der Waals surface area contributed by atoms with Crippen LogP contribution in [0.5, 0.6) is 0 Å². The molecule has 1 rings (SSSR count). The van der Waals surface area contributed by atoms with Crippen LogP contribution in [0.2, 0.25) is 0 Å². The summed E-state index contributed by atoms with van der Waals surface area (Å²) in [6.45, 7) is 7.21. The zero-order valence-electron chi connectivity index (χ0n) is 7.52. The van der Waals surface area contributed by atoms with Gasteiger partial charge in [-0.15, -0.1) is 0 Å². The summed E-state index contributed by atoms with van der Waals surface area (Å²) in [5, 5.41) is 1.17. The summed E-state index contributed by atoms with van der Waals surface area (Å²) in [7, 11) is 0. The van der Waals surface area contributed by atoms with Gasteiger partial charge >= 0.3 is 0 Å². The number of nitrogens with zero attached hydrogens (tertiary/aromatic N) is 1. The molecule has 1 nitrogen and oxygen atoms in total. The molecule has 66 valence electrons. The van der Waals surface area contributed by atoms with E-state index >= 15 is 0 Å². The number of hydrogen-bond acceptors (Lipinski definition) is 1. The molecule has 2 heteroatoms. The lowest BCUT2D eigenvalue weighted by atomic mass is 10.1. The summed E-state index contributed by atoms with van der Waals surface area (Å²) in [6.07, 6.45) is 2.76. The first-order valence-corrected chi connectivity index (χ1v) is 5.66. The molecule has 1 saturated heterocycles. The summed E-state index contributed by atoms with van der Waals surface area (Å²) in [5.41, 5.74) is 0. The van der Waals surface area contributed by atoms with E-state index in [-0.39, 0.29) is 0 Å². The fourth-order valence-corrected chi connectivity index (χ4v) is 2.37. The minimum Gasteiger partial charge on any atom is -0.301 e. The Kier molecular flexibility index (Phi) is 3.86. The maximum Gasteiger partial charge on any atom is 0.00387 e. The molecular weight excluding hydrogens is 202 g/mol. The predicted molar refractivity (Wildman–Crippen MR) is 53.2 cm³/mol. The Morgan fingerprint density at radius 2 is 2.27 bits per heavy atom. The molecule has 0 amide bonds. The maximum atomic E-state index is 3.50. The quantitative estimate of drug-likeness (QED) is 0.660. The molecular formula is C9H18BrN. The smallest absolute Gasteiger partial charge is 0.00387 e. The Morgan fingerprint density at radius 1 is 1.55 bits per heavy atom. The van der Waals surface area contributed by atoms with Crippen LogP contribution in [-0.4, -0.2) is 29.4 Å². The zero-order valence-corrected chi connectivity index (χ0v) is 9.10. The van der Waals surface area contributed by atoms with E-state index in [4.69, 9.17) is 0 Å². The lowest BCUT2D eigenvalue weighted by molar-refractivity contribution is 0.264. The molecule has 0 radical (unpaired) electrons. The molecule has 0 saturated carbocycles. The highest BCUT2D eigenvalue weighted by Crippen LogP contribution is 2.21. The summed E-state index contributed by atoms with van der Waals surface area (Å²) >= 11 is 3.50. The minimum absolute atomic E-state index is 0.746. The second-order valence-electron chi connectivity index (χ2n) is 3.72. The highest BCUT2D eigenvalue weighted by Gasteiger charge is 2.22. The van der Waals surface area contributed by atoms with Crippen LogP contribution in [0.15, 0.2) is 0 Å². The fourth-order valence-electron chi connectivity index (χ4n) is 1.72. The van der Waals surface area contributed by atoms with E-state index in [0.717, 1.165) is 12.0 Å². The number of alkyl halides is 1. The van der Waals surface area contributed by atoms with Crippen LogP contribution in [0, 0.1) is 5.92 Å². The van der Waals surface area contributed by atoms with Crippen LogP contribution < -0.4 is 0 Å².